The molecular formula is C18H21N5O2. The van der Waals surface area contributed by atoms with Crippen molar-refractivity contribution in [3.05, 3.63) is 54.1 Å². The molecule has 130 valence electrons. The predicted octanol–water partition coefficient (Wildman–Crippen LogP) is 1.08. The van der Waals surface area contributed by atoms with Crippen LogP contribution < -0.4 is 10.2 Å². The molecule has 1 fully saturated rings. The second-order valence-corrected chi connectivity index (χ2v) is 5.93. The number of carbonyl (C=O) groups is 2. The van der Waals surface area contributed by atoms with Crippen molar-refractivity contribution in [2.45, 2.75) is 13.5 Å². The fourth-order valence-electron chi connectivity index (χ4n) is 2.76. The summed E-state index contributed by atoms with van der Waals surface area (Å²) in [5, 5.41) is 2.85. The molecule has 0 radical (unpaired) electrons. The molecule has 2 aromatic heterocycles. The molecule has 0 unspecified atom stereocenters. The lowest BCUT2D eigenvalue weighted by Crippen LogP contribution is -2.48. The highest BCUT2D eigenvalue weighted by molar-refractivity contribution is 5.92. The molecule has 7 nitrogen and oxygen atoms in total. The van der Waals surface area contributed by atoms with Gasteiger partial charge in [0.25, 0.3) is 5.91 Å². The van der Waals surface area contributed by atoms with Gasteiger partial charge in [0, 0.05) is 52.0 Å². The Morgan fingerprint density at radius 2 is 1.80 bits per heavy atom. The maximum absolute atomic E-state index is 12.2. The third-order valence-electron chi connectivity index (χ3n) is 4.27. The zero-order valence-electron chi connectivity index (χ0n) is 14.2. The summed E-state index contributed by atoms with van der Waals surface area (Å²) in [7, 11) is 0. The van der Waals surface area contributed by atoms with Crippen molar-refractivity contribution >= 4 is 17.5 Å². The van der Waals surface area contributed by atoms with E-state index >= 15 is 0 Å². The van der Waals surface area contributed by atoms with Gasteiger partial charge in [0.15, 0.2) is 0 Å². The third kappa shape index (κ3) is 4.32. The molecule has 2 amide bonds. The molecule has 0 saturated carbocycles. The van der Waals surface area contributed by atoms with Crippen molar-refractivity contribution in [2.75, 3.05) is 31.1 Å². The first kappa shape index (κ1) is 16.9. The summed E-state index contributed by atoms with van der Waals surface area (Å²) in [5.74, 6) is -0.0937. The van der Waals surface area contributed by atoms with Crippen molar-refractivity contribution in [3.63, 3.8) is 0 Å². The van der Waals surface area contributed by atoms with Gasteiger partial charge in [-0.25, -0.2) is 4.98 Å². The summed E-state index contributed by atoms with van der Waals surface area (Å²) in [6, 6.07) is 7.35. The van der Waals surface area contributed by atoms with Crippen LogP contribution in [0.2, 0.25) is 0 Å². The Kier molecular flexibility index (Phi) is 5.23. The zero-order valence-corrected chi connectivity index (χ0v) is 14.2. The molecule has 0 spiro atoms. The molecule has 1 saturated heterocycles. The maximum atomic E-state index is 12.2. The predicted molar refractivity (Wildman–Crippen MR) is 94.1 cm³/mol. The van der Waals surface area contributed by atoms with E-state index in [0.717, 1.165) is 24.3 Å². The second-order valence-electron chi connectivity index (χ2n) is 5.93. The molecule has 1 aliphatic rings. The van der Waals surface area contributed by atoms with Crippen molar-refractivity contribution < 1.29 is 9.59 Å². The molecule has 2 aromatic rings. The molecule has 0 aromatic carbocycles. The molecule has 7 heteroatoms. The number of nitrogens with zero attached hydrogens (tertiary/aromatic N) is 4. The molecule has 25 heavy (non-hydrogen) atoms. The van der Waals surface area contributed by atoms with E-state index < -0.39 is 0 Å². The minimum atomic E-state index is -0.204. The van der Waals surface area contributed by atoms with Crippen LogP contribution in [0.25, 0.3) is 0 Å². The fraction of sp³-hybridized carbons (Fsp3) is 0.333. The largest absolute Gasteiger partial charge is 0.367 e. The SMILES string of the molecule is CC(=O)N1CCN(c2ccc(C(=O)NCc3ccncc3)nc2)CC1. The van der Waals surface area contributed by atoms with Crippen LogP contribution in [0.3, 0.4) is 0 Å². The molecule has 3 rings (SSSR count). The van der Waals surface area contributed by atoms with E-state index in [0.29, 0.717) is 25.3 Å². The van der Waals surface area contributed by atoms with Gasteiger partial charge in [0.1, 0.15) is 5.69 Å². The molecule has 1 N–H and O–H groups in total. The van der Waals surface area contributed by atoms with Crippen LogP contribution >= 0.6 is 0 Å². The lowest BCUT2D eigenvalue weighted by atomic mass is 10.2. The molecule has 3 heterocycles. The zero-order chi connectivity index (χ0) is 17.6. The van der Waals surface area contributed by atoms with Crippen LogP contribution in [0.5, 0.6) is 0 Å². The van der Waals surface area contributed by atoms with Crippen LogP contribution in [0.1, 0.15) is 23.0 Å². The Balaban J connectivity index is 1.55. The minimum Gasteiger partial charge on any atom is -0.367 e. The van der Waals surface area contributed by atoms with Crippen LogP contribution in [0, 0.1) is 0 Å². The van der Waals surface area contributed by atoms with Crippen LogP contribution in [-0.2, 0) is 11.3 Å². The van der Waals surface area contributed by atoms with Crippen LogP contribution in [-0.4, -0.2) is 52.9 Å². The van der Waals surface area contributed by atoms with E-state index in [1.807, 2.05) is 23.1 Å². The summed E-state index contributed by atoms with van der Waals surface area (Å²) in [5.41, 5.74) is 2.34. The molecule has 0 aliphatic carbocycles. The van der Waals surface area contributed by atoms with E-state index in [9.17, 15) is 9.59 Å². The first-order valence-electron chi connectivity index (χ1n) is 8.27. The summed E-state index contributed by atoms with van der Waals surface area (Å²) in [6.45, 7) is 5.01. The Labute approximate surface area is 146 Å². The fourth-order valence-corrected chi connectivity index (χ4v) is 2.76. The van der Waals surface area contributed by atoms with E-state index in [1.54, 1.807) is 31.6 Å². The topological polar surface area (TPSA) is 78.4 Å². The standard InChI is InChI=1S/C18H21N5O2/c1-14(24)22-8-10-23(11-9-22)16-2-3-17(20-13-16)18(25)21-12-15-4-6-19-7-5-15/h2-7,13H,8-12H2,1H3,(H,21,25). The summed E-state index contributed by atoms with van der Waals surface area (Å²) in [4.78, 5) is 35.8. The first-order valence-corrected chi connectivity index (χ1v) is 8.27. The van der Waals surface area contributed by atoms with Gasteiger partial charge in [0.05, 0.1) is 11.9 Å². The minimum absolute atomic E-state index is 0.110. The van der Waals surface area contributed by atoms with Gasteiger partial charge < -0.3 is 15.1 Å². The van der Waals surface area contributed by atoms with E-state index in [-0.39, 0.29) is 11.8 Å². The van der Waals surface area contributed by atoms with Gasteiger partial charge in [-0.2, -0.15) is 0 Å². The number of amides is 2. The number of pyridine rings is 2. The number of rotatable bonds is 4. The van der Waals surface area contributed by atoms with Gasteiger partial charge in [-0.1, -0.05) is 0 Å². The Hall–Kier alpha value is -2.96. The lowest BCUT2D eigenvalue weighted by Gasteiger charge is -2.35. The normalized spacial score (nSPS) is 14.3. The number of carbonyl (C=O) groups excluding carboxylic acids is 2. The van der Waals surface area contributed by atoms with Crippen molar-refractivity contribution in [2.24, 2.45) is 0 Å². The Bertz CT molecular complexity index is 725. The quantitative estimate of drug-likeness (QED) is 0.902. The van der Waals surface area contributed by atoms with Gasteiger partial charge in [-0.15, -0.1) is 0 Å². The van der Waals surface area contributed by atoms with Crippen molar-refractivity contribution in [3.8, 4) is 0 Å². The number of aromatic nitrogens is 2. The highest BCUT2D eigenvalue weighted by atomic mass is 16.2. The maximum Gasteiger partial charge on any atom is 0.270 e. The van der Waals surface area contributed by atoms with E-state index in [1.165, 1.54) is 0 Å². The number of hydrogen-bond acceptors (Lipinski definition) is 5. The molecular weight excluding hydrogens is 318 g/mol. The third-order valence-corrected chi connectivity index (χ3v) is 4.27. The van der Waals surface area contributed by atoms with Crippen molar-refractivity contribution in [1.29, 1.82) is 0 Å². The molecule has 0 bridgehead atoms. The van der Waals surface area contributed by atoms with E-state index in [2.05, 4.69) is 20.2 Å². The summed E-state index contributed by atoms with van der Waals surface area (Å²) in [6.07, 6.45) is 5.10. The van der Waals surface area contributed by atoms with Gasteiger partial charge >= 0.3 is 0 Å². The van der Waals surface area contributed by atoms with Crippen molar-refractivity contribution in [1.82, 2.24) is 20.2 Å². The molecule has 0 atom stereocenters. The van der Waals surface area contributed by atoms with Gasteiger partial charge in [0.2, 0.25) is 5.91 Å². The number of piperazine rings is 1. The monoisotopic (exact) mass is 339 g/mol. The lowest BCUT2D eigenvalue weighted by molar-refractivity contribution is -0.129. The first-order chi connectivity index (χ1) is 12.1. The summed E-state index contributed by atoms with van der Waals surface area (Å²) >= 11 is 0. The Morgan fingerprint density at radius 3 is 2.40 bits per heavy atom. The van der Waals surface area contributed by atoms with Gasteiger partial charge in [-0.05, 0) is 29.8 Å². The molecule has 1 aliphatic heterocycles. The highest BCUT2D eigenvalue weighted by Gasteiger charge is 2.19. The number of hydrogen-bond donors (Lipinski definition) is 1. The smallest absolute Gasteiger partial charge is 0.270 e. The highest BCUT2D eigenvalue weighted by Crippen LogP contribution is 2.15. The number of anilines is 1. The van der Waals surface area contributed by atoms with Crippen LogP contribution in [0.4, 0.5) is 5.69 Å². The Morgan fingerprint density at radius 1 is 1.08 bits per heavy atom. The van der Waals surface area contributed by atoms with Gasteiger partial charge in [-0.3, -0.25) is 14.6 Å². The second kappa shape index (κ2) is 7.74. The summed E-state index contributed by atoms with van der Waals surface area (Å²) < 4.78 is 0. The van der Waals surface area contributed by atoms with E-state index in [4.69, 9.17) is 0 Å². The number of nitrogens with one attached hydrogen (secondary N) is 1. The van der Waals surface area contributed by atoms with Crippen LogP contribution in [0.15, 0.2) is 42.9 Å². The average Bonchev–Trinajstić information content (AvgIpc) is 2.67. The average molecular weight is 339 g/mol.